The Balaban J connectivity index is 0.894. The van der Waals surface area contributed by atoms with Crippen molar-refractivity contribution in [1.29, 1.82) is 0 Å². The van der Waals surface area contributed by atoms with Crippen LogP contribution in [-0.4, -0.2) is 0 Å². The zero-order chi connectivity index (χ0) is 42.1. The Morgan fingerprint density at radius 3 is 1.27 bits per heavy atom. The highest BCUT2D eigenvalue weighted by atomic mass is 16.3. The second kappa shape index (κ2) is 14.5. The Morgan fingerprint density at radius 2 is 0.688 bits per heavy atom. The summed E-state index contributed by atoms with van der Waals surface area (Å²) in [5.41, 5.74) is 17.5. The van der Waals surface area contributed by atoms with Crippen LogP contribution in [0.1, 0.15) is 0 Å². The standard InChI is InChI=1S/C60H37NO3/c1-2-11-39(12-3-1)48-17-8-18-50-49-36-29-42(37-57(49)64-60(48)50)38-23-30-43(31-24-38)61(44-32-25-40(26-33-44)46-15-9-21-55-58(46)51-13-4-6-19-53(51)62-55)45-34-27-41(28-35-45)47-16-10-22-56-59(47)52-14-5-7-20-54(52)63-56/h1-37H. The molecule has 0 aliphatic heterocycles. The number of benzene rings is 10. The molecule has 0 atom stereocenters. The second-order valence-corrected chi connectivity index (χ2v) is 16.4. The lowest BCUT2D eigenvalue weighted by molar-refractivity contribution is 0.668. The van der Waals surface area contributed by atoms with E-state index in [0.717, 1.165) is 127 Å². The van der Waals surface area contributed by atoms with Gasteiger partial charge < -0.3 is 18.2 Å². The van der Waals surface area contributed by atoms with Crippen molar-refractivity contribution in [2.24, 2.45) is 0 Å². The number of hydrogen-bond donors (Lipinski definition) is 0. The van der Waals surface area contributed by atoms with Gasteiger partial charge in [-0.15, -0.1) is 0 Å². The van der Waals surface area contributed by atoms with E-state index in [2.05, 4.69) is 187 Å². The van der Waals surface area contributed by atoms with Gasteiger partial charge in [0, 0.05) is 54.9 Å². The third-order valence-corrected chi connectivity index (χ3v) is 12.7. The average Bonchev–Trinajstić information content (AvgIpc) is 4.06. The van der Waals surface area contributed by atoms with Gasteiger partial charge in [-0.25, -0.2) is 0 Å². The zero-order valence-corrected chi connectivity index (χ0v) is 34.5. The summed E-state index contributed by atoms with van der Waals surface area (Å²) in [6.45, 7) is 0. The maximum absolute atomic E-state index is 6.62. The van der Waals surface area contributed by atoms with Crippen LogP contribution in [0, 0.1) is 0 Å². The van der Waals surface area contributed by atoms with E-state index in [9.17, 15) is 0 Å². The molecule has 64 heavy (non-hydrogen) atoms. The van der Waals surface area contributed by atoms with Crippen molar-refractivity contribution in [3.63, 3.8) is 0 Å². The van der Waals surface area contributed by atoms with Crippen LogP contribution in [0.5, 0.6) is 0 Å². The van der Waals surface area contributed by atoms with Crippen LogP contribution >= 0.6 is 0 Å². The Hall–Kier alpha value is -8.60. The molecule has 0 fully saturated rings. The lowest BCUT2D eigenvalue weighted by atomic mass is 9.98. The van der Waals surface area contributed by atoms with Crippen LogP contribution in [0.25, 0.3) is 110 Å². The first-order chi connectivity index (χ1) is 31.7. The minimum atomic E-state index is 0.875. The van der Waals surface area contributed by atoms with E-state index in [0.29, 0.717) is 0 Å². The number of anilines is 3. The van der Waals surface area contributed by atoms with Gasteiger partial charge in [0.05, 0.1) is 0 Å². The Morgan fingerprint density at radius 1 is 0.250 bits per heavy atom. The van der Waals surface area contributed by atoms with Crippen molar-refractivity contribution in [1.82, 2.24) is 0 Å². The average molecular weight is 820 g/mol. The number of hydrogen-bond acceptors (Lipinski definition) is 4. The Kier molecular flexibility index (Phi) is 8.18. The van der Waals surface area contributed by atoms with Gasteiger partial charge in [-0.3, -0.25) is 0 Å². The fourth-order valence-corrected chi connectivity index (χ4v) is 9.68. The van der Waals surface area contributed by atoms with Crippen molar-refractivity contribution in [3.8, 4) is 44.5 Å². The quantitative estimate of drug-likeness (QED) is 0.161. The summed E-state index contributed by atoms with van der Waals surface area (Å²) in [5.74, 6) is 0. The maximum atomic E-state index is 6.62. The minimum absolute atomic E-state index is 0.875. The third-order valence-electron chi connectivity index (χ3n) is 12.7. The van der Waals surface area contributed by atoms with E-state index < -0.39 is 0 Å². The van der Waals surface area contributed by atoms with Crippen LogP contribution in [0.15, 0.2) is 238 Å². The van der Waals surface area contributed by atoms with Crippen molar-refractivity contribution in [2.75, 3.05) is 4.90 Å². The van der Waals surface area contributed by atoms with Gasteiger partial charge in [0.25, 0.3) is 0 Å². The van der Waals surface area contributed by atoms with E-state index in [1.807, 2.05) is 42.5 Å². The highest BCUT2D eigenvalue weighted by Crippen LogP contribution is 2.43. The van der Waals surface area contributed by atoms with E-state index in [1.165, 1.54) is 0 Å². The largest absolute Gasteiger partial charge is 0.456 e. The molecular formula is C60H37NO3. The number of furan rings is 3. The first kappa shape index (κ1) is 36.1. The van der Waals surface area contributed by atoms with E-state index in [-0.39, 0.29) is 0 Å². The third kappa shape index (κ3) is 5.84. The summed E-state index contributed by atoms with van der Waals surface area (Å²) in [6.07, 6.45) is 0. The van der Waals surface area contributed by atoms with Crippen LogP contribution in [0.4, 0.5) is 17.1 Å². The SMILES string of the molecule is c1ccc(-c2cccc3c2oc2cc(-c4ccc(N(c5ccc(-c6cccc7oc8ccccc8c67)cc5)c5ccc(-c6cccc7oc8ccccc8c67)cc5)cc4)ccc23)cc1. The van der Waals surface area contributed by atoms with Crippen LogP contribution in [0.3, 0.4) is 0 Å². The first-order valence-electron chi connectivity index (χ1n) is 21.6. The highest BCUT2D eigenvalue weighted by Gasteiger charge is 2.18. The minimum Gasteiger partial charge on any atom is -0.456 e. The molecule has 0 spiro atoms. The predicted molar refractivity (Wildman–Crippen MR) is 265 cm³/mol. The van der Waals surface area contributed by atoms with E-state index >= 15 is 0 Å². The van der Waals surface area contributed by atoms with Gasteiger partial charge in [-0.05, 0) is 112 Å². The summed E-state index contributed by atoms with van der Waals surface area (Å²) in [6, 6.07) is 79.1. The zero-order valence-electron chi connectivity index (χ0n) is 34.5. The fraction of sp³-hybridized carbons (Fsp3) is 0. The normalized spacial score (nSPS) is 11.8. The van der Waals surface area contributed by atoms with Gasteiger partial charge in [-0.2, -0.15) is 0 Å². The van der Waals surface area contributed by atoms with Crippen molar-refractivity contribution in [3.05, 3.63) is 224 Å². The Bertz CT molecular complexity index is 3720. The number of rotatable bonds is 7. The summed E-state index contributed by atoms with van der Waals surface area (Å²) < 4.78 is 19.1. The van der Waals surface area contributed by atoms with Crippen LogP contribution < -0.4 is 4.90 Å². The van der Waals surface area contributed by atoms with Gasteiger partial charge >= 0.3 is 0 Å². The monoisotopic (exact) mass is 819 g/mol. The second-order valence-electron chi connectivity index (χ2n) is 16.4. The first-order valence-corrected chi connectivity index (χ1v) is 21.6. The molecule has 13 rings (SSSR count). The molecule has 0 saturated carbocycles. The fourth-order valence-electron chi connectivity index (χ4n) is 9.68. The molecular weight excluding hydrogens is 783 g/mol. The summed E-state index contributed by atoms with van der Waals surface area (Å²) >= 11 is 0. The van der Waals surface area contributed by atoms with Gasteiger partial charge in [0.15, 0.2) is 0 Å². The maximum Gasteiger partial charge on any atom is 0.143 e. The molecule has 13 aromatic rings. The summed E-state index contributed by atoms with van der Waals surface area (Å²) in [4.78, 5) is 2.33. The smallest absolute Gasteiger partial charge is 0.143 e. The molecule has 0 saturated heterocycles. The van der Waals surface area contributed by atoms with E-state index in [4.69, 9.17) is 13.3 Å². The van der Waals surface area contributed by atoms with Gasteiger partial charge in [0.2, 0.25) is 0 Å². The molecule has 10 aromatic carbocycles. The summed E-state index contributed by atoms with van der Waals surface area (Å²) in [7, 11) is 0. The molecule has 0 bridgehead atoms. The molecule has 4 nitrogen and oxygen atoms in total. The molecule has 300 valence electrons. The lowest BCUT2D eigenvalue weighted by Gasteiger charge is -2.26. The van der Waals surface area contributed by atoms with Crippen LogP contribution in [-0.2, 0) is 0 Å². The predicted octanol–water partition coefficient (Wildman–Crippen LogP) is 17.5. The topological polar surface area (TPSA) is 42.7 Å². The van der Waals surface area contributed by atoms with Crippen LogP contribution in [0.2, 0.25) is 0 Å². The Labute approximate surface area is 368 Å². The highest BCUT2D eigenvalue weighted by molar-refractivity contribution is 6.14. The molecule has 4 heteroatoms. The van der Waals surface area contributed by atoms with Crippen molar-refractivity contribution in [2.45, 2.75) is 0 Å². The molecule has 0 N–H and O–H groups in total. The van der Waals surface area contributed by atoms with Crippen molar-refractivity contribution < 1.29 is 13.3 Å². The number of nitrogens with zero attached hydrogens (tertiary/aromatic N) is 1. The molecule has 0 radical (unpaired) electrons. The van der Waals surface area contributed by atoms with Crippen molar-refractivity contribution >= 4 is 82.9 Å². The van der Waals surface area contributed by atoms with Gasteiger partial charge in [-0.1, -0.05) is 152 Å². The lowest BCUT2D eigenvalue weighted by Crippen LogP contribution is -2.09. The van der Waals surface area contributed by atoms with Gasteiger partial charge in [0.1, 0.15) is 33.5 Å². The molecule has 3 heterocycles. The molecule has 0 amide bonds. The molecule has 3 aromatic heterocycles. The summed E-state index contributed by atoms with van der Waals surface area (Å²) in [5, 5.41) is 6.73. The molecule has 0 unspecified atom stereocenters. The number of para-hydroxylation sites is 3. The molecule has 0 aliphatic carbocycles. The molecule has 0 aliphatic rings. The number of fused-ring (bicyclic) bond motifs is 9. The van der Waals surface area contributed by atoms with E-state index in [1.54, 1.807) is 0 Å².